The van der Waals surface area contributed by atoms with E-state index in [-0.39, 0.29) is 0 Å². The van der Waals surface area contributed by atoms with Crippen molar-refractivity contribution in [1.82, 2.24) is 5.32 Å². The Bertz CT molecular complexity index is 416. The van der Waals surface area contributed by atoms with Gasteiger partial charge in [0.1, 0.15) is 5.75 Å². The van der Waals surface area contributed by atoms with Gasteiger partial charge in [0.15, 0.2) is 0 Å². The van der Waals surface area contributed by atoms with Crippen molar-refractivity contribution in [1.29, 1.82) is 0 Å². The minimum Gasteiger partial charge on any atom is -0.497 e. The lowest BCUT2D eigenvalue weighted by Gasteiger charge is -2.39. The van der Waals surface area contributed by atoms with E-state index in [1.165, 1.54) is 44.1 Å². The van der Waals surface area contributed by atoms with Crippen molar-refractivity contribution in [3.63, 3.8) is 0 Å². The number of hydrogen-bond acceptors (Lipinski definition) is 2. The van der Waals surface area contributed by atoms with Crippen molar-refractivity contribution in [3.8, 4) is 5.75 Å². The molecule has 0 spiro atoms. The summed E-state index contributed by atoms with van der Waals surface area (Å²) < 4.78 is 5.22. The van der Waals surface area contributed by atoms with Gasteiger partial charge in [-0.3, -0.25) is 0 Å². The van der Waals surface area contributed by atoms with Crippen molar-refractivity contribution >= 4 is 0 Å². The zero-order chi connectivity index (χ0) is 13.9. The minimum absolute atomic E-state index is 0.708. The van der Waals surface area contributed by atoms with E-state index in [1.807, 2.05) is 0 Å². The van der Waals surface area contributed by atoms with E-state index >= 15 is 0 Å². The van der Waals surface area contributed by atoms with Crippen LogP contribution in [-0.4, -0.2) is 19.2 Å². The Balaban J connectivity index is 1.45. The Morgan fingerprint density at radius 1 is 1.10 bits per heavy atom. The molecular weight excluding hydrogens is 246 g/mol. The molecule has 0 saturated heterocycles. The Labute approximate surface area is 122 Å². The fraction of sp³-hybridized carbons (Fsp3) is 0.667. The van der Waals surface area contributed by atoms with Gasteiger partial charge < -0.3 is 10.1 Å². The third-order valence-corrected chi connectivity index (χ3v) is 5.33. The molecule has 0 bridgehead atoms. The van der Waals surface area contributed by atoms with Gasteiger partial charge in [-0.15, -0.1) is 0 Å². The smallest absolute Gasteiger partial charge is 0.118 e. The summed E-state index contributed by atoms with van der Waals surface area (Å²) in [5.41, 5.74) is 1.47. The summed E-state index contributed by atoms with van der Waals surface area (Å²) in [6.45, 7) is 2.39. The Morgan fingerprint density at radius 2 is 1.75 bits per heavy atom. The fourth-order valence-corrected chi connectivity index (χ4v) is 3.87. The van der Waals surface area contributed by atoms with E-state index in [0.29, 0.717) is 6.04 Å². The molecule has 2 nitrogen and oxygen atoms in total. The highest BCUT2D eigenvalue weighted by Crippen LogP contribution is 2.38. The first-order valence-corrected chi connectivity index (χ1v) is 8.16. The highest BCUT2D eigenvalue weighted by molar-refractivity contribution is 5.30. The van der Waals surface area contributed by atoms with Crippen LogP contribution in [0.5, 0.6) is 5.75 Å². The third kappa shape index (κ3) is 3.01. The summed E-state index contributed by atoms with van der Waals surface area (Å²) in [5.74, 6) is 2.63. The SMILES string of the molecule is COc1ccc(C2CC(N[C@@H](C)C3CCCC3)C2)cc1. The number of nitrogens with one attached hydrogen (secondary N) is 1. The van der Waals surface area contributed by atoms with Gasteiger partial charge >= 0.3 is 0 Å². The van der Waals surface area contributed by atoms with Crippen LogP contribution in [0.2, 0.25) is 0 Å². The van der Waals surface area contributed by atoms with Crippen LogP contribution in [-0.2, 0) is 0 Å². The third-order valence-electron chi connectivity index (χ3n) is 5.33. The van der Waals surface area contributed by atoms with Crippen LogP contribution in [0.4, 0.5) is 0 Å². The second-order valence-corrected chi connectivity index (χ2v) is 6.64. The van der Waals surface area contributed by atoms with E-state index < -0.39 is 0 Å². The molecule has 0 heterocycles. The first-order valence-electron chi connectivity index (χ1n) is 8.16. The molecule has 0 unspecified atom stereocenters. The largest absolute Gasteiger partial charge is 0.497 e. The average Bonchev–Trinajstić information content (AvgIpc) is 2.96. The summed E-state index contributed by atoms with van der Waals surface area (Å²) in [4.78, 5) is 0. The van der Waals surface area contributed by atoms with Gasteiger partial charge in [-0.25, -0.2) is 0 Å². The highest BCUT2D eigenvalue weighted by Gasteiger charge is 2.32. The van der Waals surface area contributed by atoms with Crippen LogP contribution in [0.15, 0.2) is 24.3 Å². The van der Waals surface area contributed by atoms with Crippen molar-refractivity contribution in [2.75, 3.05) is 7.11 Å². The molecule has 1 N–H and O–H groups in total. The zero-order valence-electron chi connectivity index (χ0n) is 12.8. The fourth-order valence-electron chi connectivity index (χ4n) is 3.87. The van der Waals surface area contributed by atoms with Gasteiger partial charge in [-0.1, -0.05) is 25.0 Å². The molecule has 20 heavy (non-hydrogen) atoms. The molecule has 1 atom stereocenters. The van der Waals surface area contributed by atoms with E-state index in [4.69, 9.17) is 4.74 Å². The molecule has 2 fully saturated rings. The standard InChI is InChI=1S/C18H27NO/c1-13(14-5-3-4-6-14)19-17-11-16(12-17)15-7-9-18(20-2)10-8-15/h7-10,13-14,16-17,19H,3-6,11-12H2,1-2H3/t13-,16?,17?/m0/s1. The topological polar surface area (TPSA) is 21.3 Å². The average molecular weight is 273 g/mol. The molecular formula is C18H27NO. The maximum atomic E-state index is 5.22. The number of rotatable bonds is 5. The number of ether oxygens (including phenoxy) is 1. The van der Waals surface area contributed by atoms with E-state index in [2.05, 4.69) is 36.5 Å². The van der Waals surface area contributed by atoms with Gasteiger partial charge in [0, 0.05) is 12.1 Å². The summed E-state index contributed by atoms with van der Waals surface area (Å²) >= 11 is 0. The zero-order valence-corrected chi connectivity index (χ0v) is 12.8. The van der Waals surface area contributed by atoms with Crippen molar-refractivity contribution < 1.29 is 4.74 Å². The first-order chi connectivity index (χ1) is 9.76. The van der Waals surface area contributed by atoms with Crippen LogP contribution in [0.1, 0.15) is 56.9 Å². The highest BCUT2D eigenvalue weighted by atomic mass is 16.5. The molecule has 2 heteroatoms. The van der Waals surface area contributed by atoms with Gasteiger partial charge in [0.25, 0.3) is 0 Å². The predicted octanol–water partition coefficient (Wildman–Crippen LogP) is 4.11. The lowest BCUT2D eigenvalue weighted by Crippen LogP contribution is -2.46. The van der Waals surface area contributed by atoms with Crippen molar-refractivity contribution in [2.45, 2.75) is 63.5 Å². The van der Waals surface area contributed by atoms with Crippen LogP contribution in [0.25, 0.3) is 0 Å². The summed E-state index contributed by atoms with van der Waals surface area (Å²) in [7, 11) is 1.72. The van der Waals surface area contributed by atoms with E-state index in [9.17, 15) is 0 Å². The molecule has 2 aliphatic carbocycles. The van der Waals surface area contributed by atoms with Gasteiger partial charge in [0.05, 0.1) is 7.11 Å². The molecule has 0 aromatic heterocycles. The maximum absolute atomic E-state index is 5.22. The van der Waals surface area contributed by atoms with Crippen molar-refractivity contribution in [3.05, 3.63) is 29.8 Å². The molecule has 3 rings (SSSR count). The summed E-state index contributed by atoms with van der Waals surface area (Å²) in [6.07, 6.45) is 8.34. The van der Waals surface area contributed by atoms with Gasteiger partial charge in [-0.05, 0) is 62.1 Å². The van der Waals surface area contributed by atoms with Crippen LogP contribution in [0, 0.1) is 5.92 Å². The Hall–Kier alpha value is -1.02. The maximum Gasteiger partial charge on any atom is 0.118 e. The molecule has 0 aliphatic heterocycles. The monoisotopic (exact) mass is 273 g/mol. The van der Waals surface area contributed by atoms with Crippen molar-refractivity contribution in [2.24, 2.45) is 5.92 Å². The first kappa shape index (κ1) is 13.9. The number of methoxy groups -OCH3 is 1. The van der Waals surface area contributed by atoms with Gasteiger partial charge in [0.2, 0.25) is 0 Å². The molecule has 0 radical (unpaired) electrons. The lowest BCUT2D eigenvalue weighted by molar-refractivity contribution is 0.239. The quantitative estimate of drug-likeness (QED) is 0.871. The molecule has 0 amide bonds. The molecule has 2 saturated carbocycles. The summed E-state index contributed by atoms with van der Waals surface area (Å²) in [6, 6.07) is 10.0. The summed E-state index contributed by atoms with van der Waals surface area (Å²) in [5, 5.41) is 3.86. The molecule has 110 valence electrons. The van der Waals surface area contributed by atoms with Gasteiger partial charge in [-0.2, -0.15) is 0 Å². The second kappa shape index (κ2) is 6.17. The Morgan fingerprint density at radius 3 is 2.35 bits per heavy atom. The van der Waals surface area contributed by atoms with E-state index in [0.717, 1.165) is 23.6 Å². The molecule has 2 aliphatic rings. The van der Waals surface area contributed by atoms with Crippen LogP contribution >= 0.6 is 0 Å². The molecule has 1 aromatic carbocycles. The second-order valence-electron chi connectivity index (χ2n) is 6.64. The number of benzene rings is 1. The number of hydrogen-bond donors (Lipinski definition) is 1. The minimum atomic E-state index is 0.708. The Kier molecular flexibility index (Phi) is 4.30. The predicted molar refractivity (Wildman–Crippen MR) is 83.3 cm³/mol. The van der Waals surface area contributed by atoms with E-state index in [1.54, 1.807) is 7.11 Å². The van der Waals surface area contributed by atoms with Crippen LogP contribution in [0.3, 0.4) is 0 Å². The lowest BCUT2D eigenvalue weighted by atomic mass is 9.75. The van der Waals surface area contributed by atoms with Crippen LogP contribution < -0.4 is 10.1 Å². The molecule has 1 aromatic rings. The normalized spacial score (nSPS) is 28.1.